The van der Waals surface area contributed by atoms with Crippen LogP contribution in [0.3, 0.4) is 0 Å². The molecule has 2 rings (SSSR count). The van der Waals surface area contributed by atoms with E-state index in [0.717, 1.165) is 10.5 Å². The van der Waals surface area contributed by atoms with Gasteiger partial charge in [0.2, 0.25) is 0 Å². The molecule has 2 atom stereocenters. The summed E-state index contributed by atoms with van der Waals surface area (Å²) in [5.41, 5.74) is 0. The normalized spacial score (nSPS) is 54.4. The smallest absolute Gasteiger partial charge is 0.0388 e. The van der Waals surface area contributed by atoms with Crippen molar-refractivity contribution in [3.8, 4) is 0 Å². The van der Waals surface area contributed by atoms with Crippen molar-refractivity contribution in [2.24, 2.45) is 0 Å². The zero-order valence-electron chi connectivity index (χ0n) is 2.72. The topological polar surface area (TPSA) is 0 Å². The van der Waals surface area contributed by atoms with Crippen LogP contribution in [0.15, 0.2) is 12.2 Å². The van der Waals surface area contributed by atoms with Gasteiger partial charge in [-0.2, -0.15) is 0 Å². The summed E-state index contributed by atoms with van der Waals surface area (Å²) in [5, 5.41) is 1.94. The maximum atomic E-state index is 2.26. The quantitative estimate of drug-likeness (QED) is 0.312. The third-order valence-electron chi connectivity index (χ3n) is 1.05. The van der Waals surface area contributed by atoms with E-state index < -0.39 is 0 Å². The van der Waals surface area contributed by atoms with Gasteiger partial charge in [0.05, 0.1) is 0 Å². The Bertz CT molecular complexity index is 75.6. The van der Waals surface area contributed by atoms with E-state index in [1.807, 2.05) is 11.8 Å². The fourth-order valence-corrected chi connectivity index (χ4v) is 1.34. The van der Waals surface area contributed by atoms with E-state index in [0.29, 0.717) is 0 Å². The van der Waals surface area contributed by atoms with Gasteiger partial charge in [-0.15, -0.1) is 11.8 Å². The SMILES string of the molecule is C1=CC2SC12. The van der Waals surface area contributed by atoms with Crippen LogP contribution in [0.25, 0.3) is 0 Å². The molecule has 0 bridgehead atoms. The highest BCUT2D eigenvalue weighted by atomic mass is 32.2. The van der Waals surface area contributed by atoms with Gasteiger partial charge in [0.25, 0.3) is 0 Å². The number of hydrogen-bond acceptors (Lipinski definition) is 1. The summed E-state index contributed by atoms with van der Waals surface area (Å²) >= 11 is 2.05. The van der Waals surface area contributed by atoms with Gasteiger partial charge in [-0.25, -0.2) is 0 Å². The van der Waals surface area contributed by atoms with E-state index in [2.05, 4.69) is 12.2 Å². The van der Waals surface area contributed by atoms with Gasteiger partial charge < -0.3 is 0 Å². The molecule has 2 aliphatic rings. The predicted octanol–water partition coefficient (Wildman–Crippen LogP) is 1.04. The van der Waals surface area contributed by atoms with Crippen molar-refractivity contribution < 1.29 is 0 Å². The van der Waals surface area contributed by atoms with Gasteiger partial charge in [0.1, 0.15) is 0 Å². The Morgan fingerprint density at radius 2 is 1.80 bits per heavy atom. The van der Waals surface area contributed by atoms with E-state index in [9.17, 15) is 0 Å². The maximum Gasteiger partial charge on any atom is 0.0388 e. The first kappa shape index (κ1) is 2.30. The lowest BCUT2D eigenvalue weighted by molar-refractivity contribution is 1.13. The molecule has 0 N–H and O–H groups in total. The van der Waals surface area contributed by atoms with Gasteiger partial charge in [-0.1, -0.05) is 12.2 Å². The average Bonchev–Trinajstić information content (AvgIpc) is 1.74. The van der Waals surface area contributed by atoms with Crippen molar-refractivity contribution in [2.75, 3.05) is 0 Å². The van der Waals surface area contributed by atoms with Crippen molar-refractivity contribution in [1.29, 1.82) is 0 Å². The van der Waals surface area contributed by atoms with Crippen LogP contribution in [0.5, 0.6) is 0 Å². The second-order valence-corrected chi connectivity index (χ2v) is 2.81. The van der Waals surface area contributed by atoms with E-state index in [1.54, 1.807) is 0 Å². The van der Waals surface area contributed by atoms with Crippen LogP contribution in [0.2, 0.25) is 0 Å². The lowest BCUT2D eigenvalue weighted by atomic mass is 10.1. The van der Waals surface area contributed by atoms with Crippen LogP contribution < -0.4 is 0 Å². The molecule has 0 saturated carbocycles. The first-order valence-electron chi connectivity index (χ1n) is 1.80. The number of fused-ring (bicyclic) bond motifs is 1. The Morgan fingerprint density at radius 1 is 1.20 bits per heavy atom. The Hall–Kier alpha value is 0.0900. The Morgan fingerprint density at radius 3 is 1.80 bits per heavy atom. The molecule has 0 aromatic rings. The summed E-state index contributed by atoms with van der Waals surface area (Å²) in [5.74, 6) is 0. The number of thioether (sulfide) groups is 1. The fourth-order valence-electron chi connectivity index (χ4n) is 0.519. The first-order valence-corrected chi connectivity index (χ1v) is 2.75. The molecule has 1 fully saturated rings. The van der Waals surface area contributed by atoms with E-state index in [4.69, 9.17) is 0 Å². The molecule has 0 aromatic carbocycles. The van der Waals surface area contributed by atoms with Crippen LogP contribution in [-0.4, -0.2) is 10.5 Å². The third kappa shape index (κ3) is 0.145. The van der Waals surface area contributed by atoms with E-state index >= 15 is 0 Å². The average molecular weight is 84.1 g/mol. The molecule has 0 amide bonds. The highest BCUT2D eigenvalue weighted by molar-refractivity contribution is 8.08. The lowest BCUT2D eigenvalue weighted by Gasteiger charge is -1.87. The van der Waals surface area contributed by atoms with Gasteiger partial charge >= 0.3 is 0 Å². The largest absolute Gasteiger partial charge is 0.144 e. The Kier molecular flexibility index (Phi) is 0.217. The van der Waals surface area contributed by atoms with Gasteiger partial charge in [-0.05, 0) is 0 Å². The van der Waals surface area contributed by atoms with Crippen molar-refractivity contribution in [2.45, 2.75) is 10.5 Å². The molecular formula is C4H4S. The van der Waals surface area contributed by atoms with Crippen LogP contribution in [0.1, 0.15) is 0 Å². The highest BCUT2D eigenvalue weighted by Gasteiger charge is 2.40. The van der Waals surface area contributed by atoms with Crippen molar-refractivity contribution in [3.63, 3.8) is 0 Å². The minimum atomic E-state index is 0.968. The van der Waals surface area contributed by atoms with Gasteiger partial charge in [0, 0.05) is 10.5 Å². The summed E-state index contributed by atoms with van der Waals surface area (Å²) in [4.78, 5) is 0. The molecule has 0 nitrogen and oxygen atoms in total. The molecular weight excluding hydrogens is 80.1 g/mol. The molecule has 1 aliphatic heterocycles. The summed E-state index contributed by atoms with van der Waals surface area (Å²) in [7, 11) is 0. The standard InChI is InChI=1S/C4H4S/c1-2-4-3(1)5-4/h1-4H. The van der Waals surface area contributed by atoms with Crippen molar-refractivity contribution in [1.82, 2.24) is 0 Å². The molecule has 1 heterocycles. The van der Waals surface area contributed by atoms with E-state index in [1.165, 1.54) is 0 Å². The summed E-state index contributed by atoms with van der Waals surface area (Å²) in [6, 6.07) is 0. The minimum Gasteiger partial charge on any atom is -0.144 e. The van der Waals surface area contributed by atoms with Crippen LogP contribution >= 0.6 is 11.8 Å². The molecule has 1 saturated heterocycles. The van der Waals surface area contributed by atoms with Gasteiger partial charge in [-0.3, -0.25) is 0 Å². The van der Waals surface area contributed by atoms with Gasteiger partial charge in [0.15, 0.2) is 0 Å². The first-order chi connectivity index (χ1) is 2.47. The molecule has 0 radical (unpaired) electrons. The molecule has 1 aliphatic carbocycles. The Labute approximate surface area is 35.3 Å². The van der Waals surface area contributed by atoms with Crippen LogP contribution in [-0.2, 0) is 0 Å². The van der Waals surface area contributed by atoms with Crippen molar-refractivity contribution in [3.05, 3.63) is 12.2 Å². The molecule has 5 heavy (non-hydrogen) atoms. The van der Waals surface area contributed by atoms with Crippen LogP contribution in [0, 0.1) is 0 Å². The second kappa shape index (κ2) is 0.473. The monoisotopic (exact) mass is 84.0 g/mol. The molecule has 0 aromatic heterocycles. The third-order valence-corrected chi connectivity index (χ3v) is 2.27. The van der Waals surface area contributed by atoms with Crippen molar-refractivity contribution >= 4 is 11.8 Å². The zero-order valence-corrected chi connectivity index (χ0v) is 3.53. The highest BCUT2D eigenvalue weighted by Crippen LogP contribution is 2.49. The molecule has 0 spiro atoms. The Balaban J connectivity index is 2.46. The minimum absolute atomic E-state index is 0.968. The lowest BCUT2D eigenvalue weighted by Crippen LogP contribution is -1.93. The van der Waals surface area contributed by atoms with E-state index in [-0.39, 0.29) is 0 Å². The summed E-state index contributed by atoms with van der Waals surface area (Å²) < 4.78 is 0. The fraction of sp³-hybridized carbons (Fsp3) is 0.500. The number of rotatable bonds is 0. The molecule has 2 unspecified atom stereocenters. The van der Waals surface area contributed by atoms with Crippen LogP contribution in [0.4, 0.5) is 0 Å². The molecule has 26 valence electrons. The predicted molar refractivity (Wildman–Crippen MR) is 24.3 cm³/mol. The summed E-state index contributed by atoms with van der Waals surface area (Å²) in [6.07, 6.45) is 4.52. The number of hydrogen-bond donors (Lipinski definition) is 0. The zero-order chi connectivity index (χ0) is 3.28. The summed E-state index contributed by atoms with van der Waals surface area (Å²) in [6.45, 7) is 0. The molecule has 1 heteroatoms. The maximum absolute atomic E-state index is 2.26. The second-order valence-electron chi connectivity index (χ2n) is 1.45.